The van der Waals surface area contributed by atoms with E-state index in [0.717, 1.165) is 38.3 Å². The Hall–Kier alpha value is -1.23. The van der Waals surface area contributed by atoms with Gasteiger partial charge in [0, 0.05) is 31.7 Å². The molecular formula is C13H17F2N3. The Morgan fingerprint density at radius 1 is 1.44 bits per heavy atom. The number of fused-ring (bicyclic) bond motifs is 1. The maximum Gasteiger partial charge on any atom is 0.168 e. The van der Waals surface area contributed by atoms with E-state index in [1.807, 2.05) is 4.90 Å². The first-order chi connectivity index (χ1) is 8.70. The molecule has 3 nitrogen and oxygen atoms in total. The minimum Gasteiger partial charge on any atom is -0.351 e. The van der Waals surface area contributed by atoms with E-state index in [4.69, 9.17) is 0 Å². The number of hydrogen-bond donors (Lipinski definition) is 1. The second-order valence-electron chi connectivity index (χ2n) is 5.17. The SMILES string of the molecule is CCC1C2CNCC2CN1c1ncc(F)cc1F. The standard InChI is InChI=1S/C13H17F2N3/c1-2-12-10-6-16-4-8(10)7-18(12)13-11(15)3-9(14)5-17-13/h3,5,8,10,12,16H,2,4,6-7H2,1H3. The molecule has 3 heterocycles. The van der Waals surface area contributed by atoms with E-state index >= 15 is 0 Å². The molecular weight excluding hydrogens is 236 g/mol. The molecule has 2 aliphatic heterocycles. The van der Waals surface area contributed by atoms with Crippen LogP contribution in [-0.2, 0) is 0 Å². The number of aromatic nitrogens is 1. The van der Waals surface area contributed by atoms with Crippen molar-refractivity contribution in [1.82, 2.24) is 10.3 Å². The summed E-state index contributed by atoms with van der Waals surface area (Å²) >= 11 is 0. The maximum atomic E-state index is 13.8. The predicted molar refractivity (Wildman–Crippen MR) is 65.4 cm³/mol. The number of rotatable bonds is 2. The molecule has 2 saturated heterocycles. The number of halogens is 2. The van der Waals surface area contributed by atoms with Crippen LogP contribution >= 0.6 is 0 Å². The zero-order valence-electron chi connectivity index (χ0n) is 10.4. The van der Waals surface area contributed by atoms with E-state index in [0.29, 0.717) is 23.7 Å². The van der Waals surface area contributed by atoms with Gasteiger partial charge in [0.15, 0.2) is 11.6 Å². The Bertz CT molecular complexity index is 452. The first-order valence-electron chi connectivity index (χ1n) is 6.49. The van der Waals surface area contributed by atoms with Gasteiger partial charge >= 0.3 is 0 Å². The van der Waals surface area contributed by atoms with Crippen molar-refractivity contribution in [1.29, 1.82) is 0 Å². The first-order valence-corrected chi connectivity index (χ1v) is 6.49. The summed E-state index contributed by atoms with van der Waals surface area (Å²) < 4.78 is 26.7. The van der Waals surface area contributed by atoms with Crippen LogP contribution in [0.25, 0.3) is 0 Å². The molecule has 18 heavy (non-hydrogen) atoms. The van der Waals surface area contributed by atoms with Crippen molar-refractivity contribution in [3.8, 4) is 0 Å². The summed E-state index contributed by atoms with van der Waals surface area (Å²) in [5.41, 5.74) is 0. The highest BCUT2D eigenvalue weighted by atomic mass is 19.1. The summed E-state index contributed by atoms with van der Waals surface area (Å²) in [6.45, 7) is 4.90. The van der Waals surface area contributed by atoms with Gasteiger partial charge in [0.25, 0.3) is 0 Å². The van der Waals surface area contributed by atoms with E-state index < -0.39 is 11.6 Å². The molecule has 98 valence electrons. The lowest BCUT2D eigenvalue weighted by molar-refractivity contribution is 0.439. The van der Waals surface area contributed by atoms with Crippen molar-refractivity contribution in [2.45, 2.75) is 19.4 Å². The molecule has 0 amide bonds. The van der Waals surface area contributed by atoms with Crippen LogP contribution in [0, 0.1) is 23.5 Å². The zero-order chi connectivity index (χ0) is 12.7. The Balaban J connectivity index is 1.91. The third-order valence-electron chi connectivity index (χ3n) is 4.20. The Kier molecular flexibility index (Phi) is 2.93. The van der Waals surface area contributed by atoms with Gasteiger partial charge in [-0.25, -0.2) is 13.8 Å². The lowest BCUT2D eigenvalue weighted by Gasteiger charge is -2.28. The highest BCUT2D eigenvalue weighted by Gasteiger charge is 2.44. The molecule has 0 radical (unpaired) electrons. The van der Waals surface area contributed by atoms with Crippen LogP contribution < -0.4 is 10.2 Å². The van der Waals surface area contributed by atoms with E-state index in [2.05, 4.69) is 17.2 Å². The lowest BCUT2D eigenvalue weighted by atomic mass is 9.93. The van der Waals surface area contributed by atoms with Crippen LogP contribution in [0.15, 0.2) is 12.3 Å². The van der Waals surface area contributed by atoms with Gasteiger partial charge < -0.3 is 10.2 Å². The van der Waals surface area contributed by atoms with E-state index in [9.17, 15) is 8.78 Å². The number of nitrogens with one attached hydrogen (secondary N) is 1. The molecule has 3 rings (SSSR count). The molecule has 1 aromatic rings. The molecule has 2 aliphatic rings. The fourth-order valence-corrected chi connectivity index (χ4v) is 3.41. The van der Waals surface area contributed by atoms with Crippen LogP contribution in [0.4, 0.5) is 14.6 Å². The third kappa shape index (κ3) is 1.77. The van der Waals surface area contributed by atoms with Crippen LogP contribution in [-0.4, -0.2) is 30.7 Å². The molecule has 2 fully saturated rings. The molecule has 3 unspecified atom stereocenters. The maximum absolute atomic E-state index is 13.8. The van der Waals surface area contributed by atoms with Gasteiger partial charge in [0.05, 0.1) is 6.20 Å². The summed E-state index contributed by atoms with van der Waals surface area (Å²) in [5.74, 6) is 0.242. The number of anilines is 1. The molecule has 0 aromatic carbocycles. The van der Waals surface area contributed by atoms with Crippen LogP contribution in [0.1, 0.15) is 13.3 Å². The van der Waals surface area contributed by atoms with Crippen molar-refractivity contribution < 1.29 is 8.78 Å². The lowest BCUT2D eigenvalue weighted by Crippen LogP contribution is -2.36. The highest BCUT2D eigenvalue weighted by Crippen LogP contribution is 2.37. The average molecular weight is 253 g/mol. The van der Waals surface area contributed by atoms with Crippen molar-refractivity contribution in [3.05, 3.63) is 23.9 Å². The fourth-order valence-electron chi connectivity index (χ4n) is 3.41. The Labute approximate surface area is 105 Å². The second kappa shape index (κ2) is 4.46. The van der Waals surface area contributed by atoms with E-state index in [-0.39, 0.29) is 0 Å². The van der Waals surface area contributed by atoms with Gasteiger partial charge in [-0.2, -0.15) is 0 Å². The van der Waals surface area contributed by atoms with Crippen LogP contribution in [0.5, 0.6) is 0 Å². The Morgan fingerprint density at radius 3 is 3.00 bits per heavy atom. The molecule has 0 saturated carbocycles. The van der Waals surface area contributed by atoms with Crippen molar-refractivity contribution in [3.63, 3.8) is 0 Å². The first kappa shape index (κ1) is 11.8. The van der Waals surface area contributed by atoms with Gasteiger partial charge in [0.2, 0.25) is 0 Å². The molecule has 5 heteroatoms. The summed E-state index contributed by atoms with van der Waals surface area (Å²) in [5, 5.41) is 3.38. The van der Waals surface area contributed by atoms with Crippen LogP contribution in [0.3, 0.4) is 0 Å². The van der Waals surface area contributed by atoms with Gasteiger partial charge in [0.1, 0.15) is 5.82 Å². The summed E-state index contributed by atoms with van der Waals surface area (Å²) in [6, 6.07) is 1.22. The van der Waals surface area contributed by atoms with E-state index in [1.165, 1.54) is 0 Å². The topological polar surface area (TPSA) is 28.2 Å². The molecule has 1 aromatic heterocycles. The van der Waals surface area contributed by atoms with Crippen molar-refractivity contribution in [2.24, 2.45) is 11.8 Å². The smallest absolute Gasteiger partial charge is 0.168 e. The fraction of sp³-hybridized carbons (Fsp3) is 0.615. The molecule has 0 spiro atoms. The monoisotopic (exact) mass is 253 g/mol. The van der Waals surface area contributed by atoms with E-state index in [1.54, 1.807) is 0 Å². The summed E-state index contributed by atoms with van der Waals surface area (Å²) in [6.07, 6.45) is 2.05. The highest BCUT2D eigenvalue weighted by molar-refractivity contribution is 5.43. The molecule has 0 aliphatic carbocycles. The minimum absolute atomic E-state index is 0.303. The van der Waals surface area contributed by atoms with Crippen LogP contribution in [0.2, 0.25) is 0 Å². The van der Waals surface area contributed by atoms with Gasteiger partial charge in [-0.1, -0.05) is 6.92 Å². The zero-order valence-corrected chi connectivity index (χ0v) is 10.4. The average Bonchev–Trinajstić information content (AvgIpc) is 2.88. The summed E-state index contributed by atoms with van der Waals surface area (Å²) in [7, 11) is 0. The Morgan fingerprint density at radius 2 is 2.28 bits per heavy atom. The molecule has 1 N–H and O–H groups in total. The van der Waals surface area contributed by atoms with Gasteiger partial charge in [-0.05, 0) is 18.3 Å². The minimum atomic E-state index is -0.620. The van der Waals surface area contributed by atoms with Gasteiger partial charge in [-0.15, -0.1) is 0 Å². The summed E-state index contributed by atoms with van der Waals surface area (Å²) in [4.78, 5) is 5.96. The normalized spacial score (nSPS) is 30.8. The molecule has 3 atom stereocenters. The number of hydrogen-bond acceptors (Lipinski definition) is 3. The predicted octanol–water partition coefficient (Wildman–Crippen LogP) is 1.79. The second-order valence-corrected chi connectivity index (χ2v) is 5.17. The number of nitrogens with zero attached hydrogens (tertiary/aromatic N) is 2. The largest absolute Gasteiger partial charge is 0.351 e. The van der Waals surface area contributed by atoms with Crippen molar-refractivity contribution >= 4 is 5.82 Å². The van der Waals surface area contributed by atoms with Crippen molar-refractivity contribution in [2.75, 3.05) is 24.5 Å². The molecule has 0 bridgehead atoms. The third-order valence-corrected chi connectivity index (χ3v) is 4.20. The van der Waals surface area contributed by atoms with Gasteiger partial charge in [-0.3, -0.25) is 0 Å². The number of pyridine rings is 1. The quantitative estimate of drug-likeness (QED) is 0.871.